The summed E-state index contributed by atoms with van der Waals surface area (Å²) in [6.45, 7) is 5.32. The fourth-order valence-corrected chi connectivity index (χ4v) is 1.90. The molecule has 1 heterocycles. The van der Waals surface area contributed by atoms with Gasteiger partial charge in [0.2, 0.25) is 0 Å². The largest absolute Gasteiger partial charge is 0.381 e. The molecule has 1 rings (SSSR count). The number of amides is 1. The van der Waals surface area contributed by atoms with Gasteiger partial charge in [-0.05, 0) is 32.1 Å². The number of hydrogen-bond acceptors (Lipinski definition) is 4. The fraction of sp³-hybridized carbons (Fsp3) is 0.600. The smallest absolute Gasteiger partial charge is 0.272 e. The average Bonchev–Trinajstić information content (AvgIpc) is 2.36. The highest BCUT2D eigenvalue weighted by Crippen LogP contribution is 2.14. The highest BCUT2D eigenvalue weighted by Gasteiger charge is 2.15. The van der Waals surface area contributed by atoms with Gasteiger partial charge >= 0.3 is 0 Å². The Hall–Kier alpha value is -1.62. The number of pyridine rings is 1. The molecule has 0 saturated heterocycles. The van der Waals surface area contributed by atoms with E-state index in [9.17, 15) is 4.79 Å². The van der Waals surface area contributed by atoms with E-state index in [1.165, 1.54) is 4.90 Å². The van der Waals surface area contributed by atoms with Crippen LogP contribution in [0, 0.1) is 5.92 Å². The molecule has 0 fully saturated rings. The van der Waals surface area contributed by atoms with E-state index >= 15 is 0 Å². The minimum Gasteiger partial charge on any atom is -0.381 e. The van der Waals surface area contributed by atoms with Gasteiger partial charge in [0, 0.05) is 38.6 Å². The number of aromatic nitrogens is 1. The molecule has 1 aromatic rings. The lowest BCUT2D eigenvalue weighted by Gasteiger charge is -2.26. The Balaban J connectivity index is 2.86. The summed E-state index contributed by atoms with van der Waals surface area (Å²) in [5.41, 5.74) is 1.40. The van der Waals surface area contributed by atoms with E-state index in [1.807, 2.05) is 12.1 Å². The van der Waals surface area contributed by atoms with E-state index in [2.05, 4.69) is 43.1 Å². The minimum atomic E-state index is -0.0812. The van der Waals surface area contributed by atoms with Crippen LogP contribution in [0.2, 0.25) is 0 Å². The Morgan fingerprint density at radius 2 is 1.95 bits per heavy atom. The van der Waals surface area contributed by atoms with Gasteiger partial charge in [-0.25, -0.2) is 0 Å². The summed E-state index contributed by atoms with van der Waals surface area (Å²) in [5, 5.41) is 3.49. The monoisotopic (exact) mass is 278 g/mol. The van der Waals surface area contributed by atoms with Crippen molar-refractivity contribution >= 4 is 11.6 Å². The number of anilines is 1. The second kappa shape index (κ2) is 7.24. The summed E-state index contributed by atoms with van der Waals surface area (Å²) in [6.07, 6.45) is 1.67. The van der Waals surface area contributed by atoms with Gasteiger partial charge in [-0.1, -0.05) is 13.8 Å². The number of likely N-dealkylation sites (N-methyl/N-ethyl adjacent to an activating group) is 1. The number of rotatable bonds is 6. The van der Waals surface area contributed by atoms with E-state index in [-0.39, 0.29) is 5.91 Å². The van der Waals surface area contributed by atoms with Crippen LogP contribution in [0.4, 0.5) is 5.69 Å². The van der Waals surface area contributed by atoms with Crippen LogP contribution in [0.5, 0.6) is 0 Å². The van der Waals surface area contributed by atoms with Crippen molar-refractivity contribution in [2.75, 3.05) is 40.1 Å². The van der Waals surface area contributed by atoms with Crippen molar-refractivity contribution in [3.63, 3.8) is 0 Å². The number of carbonyl (C=O) groups is 1. The highest BCUT2D eigenvalue weighted by atomic mass is 16.2. The molecular formula is C15H26N4O. The molecule has 20 heavy (non-hydrogen) atoms. The van der Waals surface area contributed by atoms with E-state index in [0.29, 0.717) is 17.7 Å². The molecule has 1 atom stereocenters. The van der Waals surface area contributed by atoms with Crippen molar-refractivity contribution in [2.24, 2.45) is 5.92 Å². The summed E-state index contributed by atoms with van der Waals surface area (Å²) >= 11 is 0. The van der Waals surface area contributed by atoms with E-state index < -0.39 is 0 Å². The highest BCUT2D eigenvalue weighted by molar-refractivity contribution is 5.92. The first-order chi connectivity index (χ1) is 9.31. The quantitative estimate of drug-likeness (QED) is 0.862. The Labute approximate surface area is 122 Å². The van der Waals surface area contributed by atoms with E-state index in [0.717, 1.165) is 12.2 Å². The zero-order chi connectivity index (χ0) is 15.3. The standard InChI is InChI=1S/C15H26N4O/c1-11(2)14(10-18(3)4)17-12-7-8-16-13(9-12)15(20)19(5)6/h7-9,11,14H,10H2,1-6H3,(H,16,17). The maximum Gasteiger partial charge on any atom is 0.272 e. The molecule has 0 radical (unpaired) electrons. The predicted molar refractivity (Wildman–Crippen MR) is 83.1 cm³/mol. The first-order valence-electron chi connectivity index (χ1n) is 6.90. The summed E-state index contributed by atoms with van der Waals surface area (Å²) in [6, 6.07) is 4.04. The van der Waals surface area contributed by atoms with Crippen molar-refractivity contribution in [3.8, 4) is 0 Å². The van der Waals surface area contributed by atoms with Gasteiger partial charge in [0.15, 0.2) is 0 Å². The second-order valence-corrected chi connectivity index (χ2v) is 5.89. The molecule has 0 saturated carbocycles. The lowest BCUT2D eigenvalue weighted by Crippen LogP contribution is -2.36. The van der Waals surface area contributed by atoms with Crippen LogP contribution in [0.25, 0.3) is 0 Å². The Morgan fingerprint density at radius 1 is 1.30 bits per heavy atom. The summed E-state index contributed by atoms with van der Waals surface area (Å²) in [5.74, 6) is 0.418. The third kappa shape index (κ3) is 4.81. The van der Waals surface area contributed by atoms with Crippen molar-refractivity contribution < 1.29 is 4.79 Å². The van der Waals surface area contributed by atoms with Crippen LogP contribution < -0.4 is 5.32 Å². The molecule has 112 valence electrons. The molecule has 1 aromatic heterocycles. The van der Waals surface area contributed by atoms with Crippen LogP contribution in [0.1, 0.15) is 24.3 Å². The summed E-state index contributed by atoms with van der Waals surface area (Å²) in [7, 11) is 7.58. The number of hydrogen-bond donors (Lipinski definition) is 1. The number of nitrogens with one attached hydrogen (secondary N) is 1. The molecule has 0 spiro atoms. The first-order valence-corrected chi connectivity index (χ1v) is 6.90. The molecule has 1 amide bonds. The summed E-state index contributed by atoms with van der Waals surface area (Å²) in [4.78, 5) is 19.7. The van der Waals surface area contributed by atoms with Crippen LogP contribution in [0.3, 0.4) is 0 Å². The van der Waals surface area contributed by atoms with Gasteiger partial charge in [0.1, 0.15) is 5.69 Å². The molecule has 0 aromatic carbocycles. The molecule has 0 aliphatic rings. The van der Waals surface area contributed by atoms with Crippen molar-refractivity contribution in [3.05, 3.63) is 24.0 Å². The molecule has 1 N–H and O–H groups in total. The Morgan fingerprint density at radius 3 is 2.45 bits per heavy atom. The van der Waals surface area contributed by atoms with Gasteiger partial charge in [0.05, 0.1) is 0 Å². The van der Waals surface area contributed by atoms with Crippen molar-refractivity contribution in [2.45, 2.75) is 19.9 Å². The Kier molecular flexibility index (Phi) is 5.95. The van der Waals surface area contributed by atoms with Crippen molar-refractivity contribution in [1.82, 2.24) is 14.8 Å². The molecule has 5 heteroatoms. The summed E-state index contributed by atoms with van der Waals surface area (Å²) < 4.78 is 0. The van der Waals surface area contributed by atoms with Gasteiger partial charge in [-0.2, -0.15) is 0 Å². The van der Waals surface area contributed by atoms with Gasteiger partial charge in [-0.15, -0.1) is 0 Å². The van der Waals surface area contributed by atoms with E-state index in [1.54, 1.807) is 20.3 Å². The molecule has 0 bridgehead atoms. The third-order valence-corrected chi connectivity index (χ3v) is 3.10. The number of nitrogens with zero attached hydrogens (tertiary/aromatic N) is 3. The van der Waals surface area contributed by atoms with Crippen molar-refractivity contribution in [1.29, 1.82) is 0 Å². The third-order valence-electron chi connectivity index (χ3n) is 3.10. The van der Waals surface area contributed by atoms with Gasteiger partial charge in [-0.3, -0.25) is 9.78 Å². The fourth-order valence-electron chi connectivity index (χ4n) is 1.90. The predicted octanol–water partition coefficient (Wildman–Crippen LogP) is 1.78. The molecule has 0 aliphatic carbocycles. The minimum absolute atomic E-state index is 0.0812. The molecule has 0 aliphatic heterocycles. The topological polar surface area (TPSA) is 48.5 Å². The lowest BCUT2D eigenvalue weighted by molar-refractivity contribution is 0.0822. The maximum absolute atomic E-state index is 11.9. The Bertz CT molecular complexity index is 443. The SMILES string of the molecule is CC(C)C(CN(C)C)Nc1ccnc(C(=O)N(C)C)c1. The van der Waals surface area contributed by atoms with Crippen LogP contribution in [0.15, 0.2) is 18.3 Å². The number of carbonyl (C=O) groups excluding carboxylic acids is 1. The normalized spacial score (nSPS) is 12.6. The molecule has 1 unspecified atom stereocenters. The molecular weight excluding hydrogens is 252 g/mol. The molecule has 5 nitrogen and oxygen atoms in total. The average molecular weight is 278 g/mol. The van der Waals surface area contributed by atoms with Crippen LogP contribution in [-0.2, 0) is 0 Å². The van der Waals surface area contributed by atoms with Crippen LogP contribution in [-0.4, -0.2) is 61.5 Å². The zero-order valence-electron chi connectivity index (χ0n) is 13.3. The van der Waals surface area contributed by atoms with Gasteiger partial charge < -0.3 is 15.1 Å². The van der Waals surface area contributed by atoms with Gasteiger partial charge in [0.25, 0.3) is 5.91 Å². The van der Waals surface area contributed by atoms with Crippen LogP contribution >= 0.6 is 0 Å². The zero-order valence-corrected chi connectivity index (χ0v) is 13.3. The second-order valence-electron chi connectivity index (χ2n) is 5.89. The first kappa shape index (κ1) is 16.4. The maximum atomic E-state index is 11.9. The van der Waals surface area contributed by atoms with E-state index in [4.69, 9.17) is 0 Å². The lowest BCUT2D eigenvalue weighted by atomic mass is 10.0.